The molecule has 11 aromatic rings. The third-order valence-electron chi connectivity index (χ3n) is 10.4. The highest BCUT2D eigenvalue weighted by atomic mass is 16.3. The van der Waals surface area contributed by atoms with Crippen LogP contribution in [0.25, 0.3) is 105 Å². The Morgan fingerprint density at radius 3 is 1.70 bits per heavy atom. The minimum absolute atomic E-state index is 0.570. The summed E-state index contributed by atoms with van der Waals surface area (Å²) in [5.74, 6) is 1.76. The number of hydrogen-bond acceptors (Lipinski definition) is 5. The Bertz CT molecular complexity index is 3160. The maximum atomic E-state index is 6.23. The lowest BCUT2D eigenvalue weighted by atomic mass is 9.97. The average Bonchev–Trinajstić information content (AvgIpc) is 3.79. The van der Waals surface area contributed by atoms with Crippen molar-refractivity contribution in [1.29, 1.82) is 0 Å². The van der Waals surface area contributed by atoms with Crippen LogP contribution >= 0.6 is 0 Å². The highest BCUT2D eigenvalue weighted by molar-refractivity contribution is 6.09. The largest absolute Gasteiger partial charge is 0.456 e. The lowest BCUT2D eigenvalue weighted by Crippen LogP contribution is -2.00. The summed E-state index contributed by atoms with van der Waals surface area (Å²) in [6.07, 6.45) is 3.58. The van der Waals surface area contributed by atoms with Gasteiger partial charge in [0.05, 0.1) is 11.0 Å². The van der Waals surface area contributed by atoms with E-state index in [1.807, 2.05) is 24.4 Å². The van der Waals surface area contributed by atoms with Gasteiger partial charge in [-0.25, -0.2) is 15.0 Å². The molecule has 0 bridgehead atoms. The van der Waals surface area contributed by atoms with Gasteiger partial charge in [0.1, 0.15) is 11.2 Å². The summed E-state index contributed by atoms with van der Waals surface area (Å²) in [5.41, 5.74) is 9.92. The molecule has 252 valence electrons. The van der Waals surface area contributed by atoms with Crippen LogP contribution in [0.3, 0.4) is 0 Å². The van der Waals surface area contributed by atoms with Gasteiger partial charge in [-0.2, -0.15) is 0 Å². The molecule has 4 aromatic heterocycles. The molecule has 54 heavy (non-hydrogen) atoms. The normalized spacial score (nSPS) is 11.7. The Morgan fingerprint density at radius 2 is 0.981 bits per heavy atom. The summed E-state index contributed by atoms with van der Waals surface area (Å²) in [6, 6.07) is 57.0. The molecule has 0 saturated carbocycles. The zero-order valence-corrected chi connectivity index (χ0v) is 28.9. The van der Waals surface area contributed by atoms with Crippen LogP contribution < -0.4 is 0 Å². The monoisotopic (exact) mass is 691 g/mol. The summed E-state index contributed by atoms with van der Waals surface area (Å²) in [4.78, 5) is 19.5. The zero-order valence-electron chi connectivity index (χ0n) is 28.9. The van der Waals surface area contributed by atoms with E-state index >= 15 is 0 Å². The SMILES string of the molecule is c1ccc2c(-c3ccc(-c4nc(-c5ccc(-n6c7ccccc7c7ccccc76)cc5)nc(-c5ccc6c(c5)oc5ccncc56)n4)cc3)cccc2c1. The van der Waals surface area contributed by atoms with Crippen LogP contribution in [0.1, 0.15) is 0 Å². The third kappa shape index (κ3) is 4.89. The average molecular weight is 692 g/mol. The van der Waals surface area contributed by atoms with E-state index in [0.717, 1.165) is 49.9 Å². The lowest BCUT2D eigenvalue weighted by Gasteiger charge is -2.11. The maximum Gasteiger partial charge on any atom is 0.164 e. The van der Waals surface area contributed by atoms with E-state index in [1.165, 1.54) is 38.1 Å². The number of rotatable bonds is 5. The fourth-order valence-corrected chi connectivity index (χ4v) is 7.76. The smallest absolute Gasteiger partial charge is 0.164 e. The Morgan fingerprint density at radius 1 is 0.407 bits per heavy atom. The molecule has 0 amide bonds. The van der Waals surface area contributed by atoms with Crippen molar-refractivity contribution in [3.05, 3.63) is 176 Å². The predicted octanol–water partition coefficient (Wildman–Crippen LogP) is 12.1. The summed E-state index contributed by atoms with van der Waals surface area (Å²) in [7, 11) is 0. The Labute approximate surface area is 309 Å². The van der Waals surface area contributed by atoms with Crippen LogP contribution in [0.2, 0.25) is 0 Å². The summed E-state index contributed by atoms with van der Waals surface area (Å²) in [5, 5.41) is 6.87. The molecular formula is C48H29N5O. The molecule has 0 N–H and O–H groups in total. The van der Waals surface area contributed by atoms with Crippen molar-refractivity contribution >= 4 is 54.5 Å². The Kier molecular flexibility index (Phi) is 6.75. The number of furan rings is 1. The molecule has 6 nitrogen and oxygen atoms in total. The molecule has 0 aliphatic rings. The van der Waals surface area contributed by atoms with Gasteiger partial charge in [0.25, 0.3) is 0 Å². The second-order valence-corrected chi connectivity index (χ2v) is 13.5. The standard InChI is InChI=1S/C48H29N5O/c1-2-10-36-30(8-1)9-7-13-37(36)31-16-18-32(19-17-31)46-50-47(52-48(51-46)34-22-25-40-41-29-49-27-26-44(41)54-45(40)28-34)33-20-23-35(24-21-33)53-42-14-5-3-11-38(42)39-12-4-6-15-43(39)53/h1-29H. The molecule has 0 radical (unpaired) electrons. The first-order valence-electron chi connectivity index (χ1n) is 18.0. The van der Waals surface area contributed by atoms with E-state index in [2.05, 4.69) is 155 Å². The summed E-state index contributed by atoms with van der Waals surface area (Å²) < 4.78 is 8.54. The van der Waals surface area contributed by atoms with Crippen molar-refractivity contribution < 1.29 is 4.42 Å². The van der Waals surface area contributed by atoms with Crippen molar-refractivity contribution in [1.82, 2.24) is 24.5 Å². The molecule has 4 heterocycles. The second-order valence-electron chi connectivity index (χ2n) is 13.5. The molecular weight excluding hydrogens is 663 g/mol. The van der Waals surface area contributed by atoms with Gasteiger partial charge in [-0.3, -0.25) is 4.98 Å². The van der Waals surface area contributed by atoms with Gasteiger partial charge in [0.2, 0.25) is 0 Å². The van der Waals surface area contributed by atoms with Gasteiger partial charge < -0.3 is 8.98 Å². The number of nitrogens with zero attached hydrogens (tertiary/aromatic N) is 5. The highest BCUT2D eigenvalue weighted by Gasteiger charge is 2.17. The number of pyridine rings is 1. The maximum absolute atomic E-state index is 6.23. The molecule has 7 aromatic carbocycles. The van der Waals surface area contributed by atoms with E-state index in [-0.39, 0.29) is 0 Å². The Hall–Kier alpha value is -7.44. The van der Waals surface area contributed by atoms with Crippen LogP contribution in [0, 0.1) is 0 Å². The molecule has 0 fully saturated rings. The van der Waals surface area contributed by atoms with E-state index in [0.29, 0.717) is 17.5 Å². The van der Waals surface area contributed by atoms with Crippen LogP contribution in [0.4, 0.5) is 0 Å². The second kappa shape index (κ2) is 12.1. The first kappa shape index (κ1) is 30.2. The van der Waals surface area contributed by atoms with Crippen molar-refractivity contribution in [3.63, 3.8) is 0 Å². The van der Waals surface area contributed by atoms with Crippen molar-refractivity contribution in [2.45, 2.75) is 0 Å². The van der Waals surface area contributed by atoms with E-state index < -0.39 is 0 Å². The Balaban J connectivity index is 1.04. The minimum atomic E-state index is 0.570. The van der Waals surface area contributed by atoms with E-state index in [4.69, 9.17) is 19.4 Å². The molecule has 11 rings (SSSR count). The predicted molar refractivity (Wildman–Crippen MR) is 218 cm³/mol. The highest BCUT2D eigenvalue weighted by Crippen LogP contribution is 2.35. The summed E-state index contributed by atoms with van der Waals surface area (Å²) >= 11 is 0. The topological polar surface area (TPSA) is 69.6 Å². The van der Waals surface area contributed by atoms with Gasteiger partial charge in [-0.05, 0) is 76.5 Å². The summed E-state index contributed by atoms with van der Waals surface area (Å²) in [6.45, 7) is 0. The van der Waals surface area contributed by atoms with E-state index in [9.17, 15) is 0 Å². The van der Waals surface area contributed by atoms with Gasteiger partial charge in [-0.15, -0.1) is 0 Å². The number of para-hydroxylation sites is 2. The third-order valence-corrected chi connectivity index (χ3v) is 10.4. The molecule has 0 atom stereocenters. The number of benzene rings is 7. The minimum Gasteiger partial charge on any atom is -0.456 e. The fourth-order valence-electron chi connectivity index (χ4n) is 7.76. The molecule has 0 saturated heterocycles. The van der Waals surface area contributed by atoms with Crippen LogP contribution in [-0.2, 0) is 0 Å². The van der Waals surface area contributed by atoms with E-state index in [1.54, 1.807) is 6.20 Å². The molecule has 0 aliphatic carbocycles. The quantitative estimate of drug-likeness (QED) is 0.180. The van der Waals surface area contributed by atoms with Gasteiger partial charge in [-0.1, -0.05) is 109 Å². The molecule has 0 spiro atoms. The van der Waals surface area contributed by atoms with Crippen LogP contribution in [0.15, 0.2) is 181 Å². The first-order chi connectivity index (χ1) is 26.7. The van der Waals surface area contributed by atoms with Gasteiger partial charge in [0.15, 0.2) is 17.5 Å². The lowest BCUT2D eigenvalue weighted by molar-refractivity contribution is 0.668. The van der Waals surface area contributed by atoms with Crippen LogP contribution in [-0.4, -0.2) is 24.5 Å². The number of fused-ring (bicyclic) bond motifs is 7. The first-order valence-corrected chi connectivity index (χ1v) is 18.0. The molecule has 0 unspecified atom stereocenters. The van der Waals surface area contributed by atoms with Crippen molar-refractivity contribution in [3.8, 4) is 51.0 Å². The van der Waals surface area contributed by atoms with Gasteiger partial charge >= 0.3 is 0 Å². The fraction of sp³-hybridized carbons (Fsp3) is 0. The number of hydrogen-bond donors (Lipinski definition) is 0. The zero-order chi connectivity index (χ0) is 35.6. The molecule has 0 aliphatic heterocycles. The number of aromatic nitrogens is 5. The van der Waals surface area contributed by atoms with Crippen molar-refractivity contribution in [2.24, 2.45) is 0 Å². The van der Waals surface area contributed by atoms with Gasteiger partial charge in [0, 0.05) is 56.3 Å². The van der Waals surface area contributed by atoms with Crippen LogP contribution in [0.5, 0.6) is 0 Å². The molecule has 6 heteroatoms. The van der Waals surface area contributed by atoms with Crippen molar-refractivity contribution in [2.75, 3.05) is 0 Å².